The molecule has 2 aliphatic heterocycles. The number of hydrogen-bond donors (Lipinski definition) is 2. The van der Waals surface area contributed by atoms with Gasteiger partial charge < -0.3 is 20.1 Å². The van der Waals surface area contributed by atoms with Crippen LogP contribution in [0.15, 0.2) is 63.8 Å². The molecule has 2 aromatic carbocycles. The molecule has 2 heterocycles. The normalized spacial score (nSPS) is 19.5. The minimum absolute atomic E-state index is 0.00361. The van der Waals surface area contributed by atoms with E-state index in [0.29, 0.717) is 17.9 Å². The second-order valence-electron chi connectivity index (χ2n) is 8.06. The molecular weight excluding hydrogens is 422 g/mol. The van der Waals surface area contributed by atoms with Gasteiger partial charge in [-0.3, -0.25) is 9.59 Å². The van der Waals surface area contributed by atoms with Gasteiger partial charge in [0.25, 0.3) is 11.8 Å². The maximum atomic E-state index is 13.0. The SMILES string of the molecule is CN1C(=O)[C@@H](NC(=O)C2=NC(Cc3ccccc3)N=N2)COc2ccc(CCCCO)cc21. The predicted octanol–water partition coefficient (Wildman–Crippen LogP) is 2.27. The number of benzene rings is 2. The predicted molar refractivity (Wildman–Crippen MR) is 124 cm³/mol. The van der Waals surface area contributed by atoms with Crippen molar-refractivity contribution in [3.63, 3.8) is 0 Å². The smallest absolute Gasteiger partial charge is 0.291 e. The summed E-state index contributed by atoms with van der Waals surface area (Å²) in [4.78, 5) is 31.5. The number of unbranched alkanes of at least 4 members (excludes halogenated alkanes) is 1. The molecule has 0 fully saturated rings. The summed E-state index contributed by atoms with van der Waals surface area (Å²) in [6, 6.07) is 14.6. The van der Waals surface area contributed by atoms with Gasteiger partial charge in [0.2, 0.25) is 5.84 Å². The average Bonchev–Trinajstić information content (AvgIpc) is 3.26. The third-order valence-electron chi connectivity index (χ3n) is 5.62. The Labute approximate surface area is 192 Å². The summed E-state index contributed by atoms with van der Waals surface area (Å²) in [5.74, 6) is -0.306. The maximum absolute atomic E-state index is 13.0. The number of aliphatic hydroxyl groups is 1. The van der Waals surface area contributed by atoms with Crippen LogP contribution in [0.3, 0.4) is 0 Å². The number of ether oxygens (including phenoxy) is 1. The molecule has 9 nitrogen and oxygen atoms in total. The molecule has 4 rings (SSSR count). The second-order valence-corrected chi connectivity index (χ2v) is 8.06. The number of aryl methyl sites for hydroxylation is 1. The Morgan fingerprint density at radius 2 is 2.00 bits per heavy atom. The third kappa shape index (κ3) is 5.43. The Balaban J connectivity index is 1.40. The number of fused-ring (bicyclic) bond motifs is 1. The second kappa shape index (κ2) is 10.4. The number of aliphatic imine (C=N–C) groups is 1. The summed E-state index contributed by atoms with van der Waals surface area (Å²) < 4.78 is 5.84. The van der Waals surface area contributed by atoms with Crippen LogP contribution in [0, 0.1) is 0 Å². The van der Waals surface area contributed by atoms with E-state index in [2.05, 4.69) is 20.5 Å². The Kier molecular flexibility index (Phi) is 7.09. The Bertz CT molecular complexity index is 1070. The number of nitrogens with zero attached hydrogens (tertiary/aromatic N) is 4. The summed E-state index contributed by atoms with van der Waals surface area (Å²) in [6.45, 7) is 0.162. The fourth-order valence-corrected chi connectivity index (χ4v) is 3.80. The number of amides is 2. The summed E-state index contributed by atoms with van der Waals surface area (Å²) in [6.07, 6.45) is 2.47. The van der Waals surface area contributed by atoms with Crippen LogP contribution < -0.4 is 15.0 Å². The van der Waals surface area contributed by atoms with Gasteiger partial charge in [-0.1, -0.05) is 36.4 Å². The zero-order valence-electron chi connectivity index (χ0n) is 18.5. The first kappa shape index (κ1) is 22.6. The van der Waals surface area contributed by atoms with Crippen LogP contribution in [0.2, 0.25) is 0 Å². The van der Waals surface area contributed by atoms with Crippen LogP contribution in [0.4, 0.5) is 5.69 Å². The van der Waals surface area contributed by atoms with Crippen molar-refractivity contribution in [1.82, 2.24) is 5.32 Å². The lowest BCUT2D eigenvalue weighted by Crippen LogP contribution is -2.50. The van der Waals surface area contributed by atoms with Crippen molar-refractivity contribution >= 4 is 23.3 Å². The zero-order chi connectivity index (χ0) is 23.2. The Morgan fingerprint density at radius 3 is 2.79 bits per heavy atom. The van der Waals surface area contributed by atoms with Gasteiger partial charge in [0.15, 0.2) is 6.17 Å². The Morgan fingerprint density at radius 1 is 1.18 bits per heavy atom. The number of nitrogens with one attached hydrogen (secondary N) is 1. The van der Waals surface area contributed by atoms with Gasteiger partial charge in [0.1, 0.15) is 18.4 Å². The van der Waals surface area contributed by atoms with E-state index in [1.807, 2.05) is 48.5 Å². The average molecular weight is 450 g/mol. The summed E-state index contributed by atoms with van der Waals surface area (Å²) in [5, 5.41) is 19.7. The third-order valence-corrected chi connectivity index (χ3v) is 5.62. The van der Waals surface area contributed by atoms with E-state index in [1.54, 1.807) is 7.05 Å². The Hall–Kier alpha value is -3.59. The number of rotatable bonds is 8. The highest BCUT2D eigenvalue weighted by atomic mass is 16.5. The van der Waals surface area contributed by atoms with Crippen molar-refractivity contribution in [2.45, 2.75) is 37.9 Å². The molecule has 0 spiro atoms. The van der Waals surface area contributed by atoms with E-state index in [-0.39, 0.29) is 25.0 Å². The van der Waals surface area contributed by atoms with E-state index in [0.717, 1.165) is 30.4 Å². The molecule has 0 radical (unpaired) electrons. The molecule has 0 bridgehead atoms. The molecule has 0 saturated carbocycles. The molecule has 0 aliphatic carbocycles. The topological polar surface area (TPSA) is 116 Å². The number of carbonyl (C=O) groups excluding carboxylic acids is 2. The van der Waals surface area contributed by atoms with Crippen molar-refractivity contribution in [2.24, 2.45) is 15.2 Å². The molecule has 1 unspecified atom stereocenters. The highest BCUT2D eigenvalue weighted by Gasteiger charge is 2.32. The van der Waals surface area contributed by atoms with Crippen molar-refractivity contribution in [3.05, 3.63) is 59.7 Å². The van der Waals surface area contributed by atoms with Gasteiger partial charge in [-0.05, 0) is 42.5 Å². The number of azo groups is 1. The van der Waals surface area contributed by atoms with Crippen molar-refractivity contribution < 1.29 is 19.4 Å². The monoisotopic (exact) mass is 449 g/mol. The van der Waals surface area contributed by atoms with Gasteiger partial charge in [-0.15, -0.1) is 5.11 Å². The first-order chi connectivity index (χ1) is 16.0. The number of hydrogen-bond acceptors (Lipinski definition) is 7. The number of aliphatic hydroxyl groups excluding tert-OH is 1. The molecule has 2 aliphatic rings. The molecule has 0 saturated heterocycles. The first-order valence-corrected chi connectivity index (χ1v) is 11.0. The molecule has 2 atom stereocenters. The molecule has 2 amide bonds. The van der Waals surface area contributed by atoms with Crippen LogP contribution in [0.1, 0.15) is 24.0 Å². The molecule has 2 N–H and O–H groups in total. The molecule has 9 heteroatoms. The summed E-state index contributed by atoms with van der Waals surface area (Å²) in [5.41, 5.74) is 2.76. The van der Waals surface area contributed by atoms with Crippen LogP contribution in [-0.4, -0.2) is 55.2 Å². The van der Waals surface area contributed by atoms with E-state index in [9.17, 15) is 9.59 Å². The molecule has 0 aromatic heterocycles. The van der Waals surface area contributed by atoms with E-state index >= 15 is 0 Å². The standard InChI is InChI=1S/C24H27N5O4/c1-29-19-13-17(9-5-6-12-30)10-11-20(19)33-15-18(24(29)32)25-23(31)22-26-21(27-28-22)14-16-7-3-2-4-8-16/h2-4,7-8,10-11,13,18,21,30H,5-6,9,12,14-15H2,1H3,(H,25,31)/t18-,21?/m0/s1. The highest BCUT2D eigenvalue weighted by Crippen LogP contribution is 2.32. The number of anilines is 1. The summed E-state index contributed by atoms with van der Waals surface area (Å²) in [7, 11) is 1.66. The molecular formula is C24H27N5O4. The molecule has 2 aromatic rings. The van der Waals surface area contributed by atoms with Crippen molar-refractivity contribution in [3.8, 4) is 5.75 Å². The van der Waals surface area contributed by atoms with Gasteiger partial charge in [0, 0.05) is 20.1 Å². The van der Waals surface area contributed by atoms with Gasteiger partial charge in [-0.2, -0.15) is 5.11 Å². The summed E-state index contributed by atoms with van der Waals surface area (Å²) >= 11 is 0. The minimum Gasteiger partial charge on any atom is -0.489 e. The molecule has 172 valence electrons. The minimum atomic E-state index is -0.876. The highest BCUT2D eigenvalue weighted by molar-refractivity contribution is 6.38. The largest absolute Gasteiger partial charge is 0.489 e. The molecule has 33 heavy (non-hydrogen) atoms. The zero-order valence-corrected chi connectivity index (χ0v) is 18.5. The maximum Gasteiger partial charge on any atom is 0.291 e. The van der Waals surface area contributed by atoms with Crippen LogP contribution in [0.5, 0.6) is 5.75 Å². The first-order valence-electron chi connectivity index (χ1n) is 11.0. The van der Waals surface area contributed by atoms with Crippen molar-refractivity contribution in [2.75, 3.05) is 25.2 Å². The van der Waals surface area contributed by atoms with Crippen molar-refractivity contribution in [1.29, 1.82) is 0 Å². The van der Waals surface area contributed by atoms with Crippen LogP contribution in [0.25, 0.3) is 0 Å². The number of carbonyl (C=O) groups is 2. The quantitative estimate of drug-likeness (QED) is 0.602. The van der Waals surface area contributed by atoms with Gasteiger partial charge in [0.05, 0.1) is 5.69 Å². The van der Waals surface area contributed by atoms with E-state index < -0.39 is 18.1 Å². The fraction of sp³-hybridized carbons (Fsp3) is 0.375. The lowest BCUT2D eigenvalue weighted by atomic mass is 10.1. The number of likely N-dealkylation sites (N-methyl/N-ethyl adjacent to an activating group) is 1. The lowest BCUT2D eigenvalue weighted by Gasteiger charge is -2.20. The van der Waals surface area contributed by atoms with E-state index in [4.69, 9.17) is 9.84 Å². The van der Waals surface area contributed by atoms with Gasteiger partial charge in [-0.25, -0.2) is 4.99 Å². The number of amidine groups is 1. The lowest BCUT2D eigenvalue weighted by molar-refractivity contribution is -0.124. The fourth-order valence-electron chi connectivity index (χ4n) is 3.80. The van der Waals surface area contributed by atoms with Crippen LogP contribution in [-0.2, 0) is 22.4 Å². The van der Waals surface area contributed by atoms with E-state index in [1.165, 1.54) is 4.90 Å². The van der Waals surface area contributed by atoms with Crippen LogP contribution >= 0.6 is 0 Å². The van der Waals surface area contributed by atoms with Gasteiger partial charge >= 0.3 is 0 Å².